The normalized spacial score (nSPS) is 18.9. The van der Waals surface area contributed by atoms with E-state index in [9.17, 15) is 26.7 Å². The molecular formula is C27H25F5N2O. The summed E-state index contributed by atoms with van der Waals surface area (Å²) in [6.07, 6.45) is -3.23. The number of carbonyl (C=O) groups excluding carboxylic acids is 1. The molecule has 1 amide bonds. The molecule has 3 aromatic rings. The molecule has 1 aliphatic rings. The van der Waals surface area contributed by atoms with E-state index in [-0.39, 0.29) is 25.0 Å². The van der Waals surface area contributed by atoms with Crippen molar-refractivity contribution >= 4 is 5.91 Å². The topological polar surface area (TPSA) is 32.3 Å². The fraction of sp³-hybridized carbons (Fsp3) is 0.296. The van der Waals surface area contributed by atoms with Crippen molar-refractivity contribution in [2.75, 3.05) is 6.54 Å². The fourth-order valence-electron chi connectivity index (χ4n) is 4.54. The zero-order valence-corrected chi connectivity index (χ0v) is 18.9. The van der Waals surface area contributed by atoms with Gasteiger partial charge in [-0.1, -0.05) is 48.5 Å². The van der Waals surface area contributed by atoms with Gasteiger partial charge in [0.05, 0.1) is 11.5 Å². The van der Waals surface area contributed by atoms with Crippen molar-refractivity contribution in [3.8, 4) is 0 Å². The highest BCUT2D eigenvalue weighted by atomic mass is 19.4. The first-order valence-corrected chi connectivity index (χ1v) is 11.4. The highest BCUT2D eigenvalue weighted by Gasteiger charge is 2.33. The van der Waals surface area contributed by atoms with Crippen LogP contribution in [0.2, 0.25) is 0 Å². The number of hydrogen-bond acceptors (Lipinski definition) is 2. The van der Waals surface area contributed by atoms with Gasteiger partial charge in [0.1, 0.15) is 11.6 Å². The Labute approximate surface area is 200 Å². The first-order valence-electron chi connectivity index (χ1n) is 11.4. The standard InChI is InChI=1S/C27H25F5N2O/c28-23-11-9-20(24(29)14-23)16-34-17-21(10-12-25(34)19-6-2-1-3-7-19)26(35)33-15-18-5-4-8-22(13-18)27(30,31)32/h1-9,11,13-14,21,25H,10,12,15-17H2,(H,33,35)/t21-,25-/m1/s1. The summed E-state index contributed by atoms with van der Waals surface area (Å²) in [6, 6.07) is 18.0. The van der Waals surface area contributed by atoms with Gasteiger partial charge in [0, 0.05) is 37.3 Å². The van der Waals surface area contributed by atoms with E-state index in [1.165, 1.54) is 24.3 Å². The van der Waals surface area contributed by atoms with Crippen LogP contribution in [0.25, 0.3) is 0 Å². The average Bonchev–Trinajstić information content (AvgIpc) is 2.84. The number of amides is 1. The maximum atomic E-state index is 14.4. The minimum atomic E-state index is -4.45. The van der Waals surface area contributed by atoms with Gasteiger partial charge in [-0.15, -0.1) is 0 Å². The van der Waals surface area contributed by atoms with Crippen molar-refractivity contribution in [2.45, 2.75) is 38.1 Å². The van der Waals surface area contributed by atoms with Gasteiger partial charge < -0.3 is 5.32 Å². The van der Waals surface area contributed by atoms with E-state index in [0.29, 0.717) is 30.5 Å². The van der Waals surface area contributed by atoms with Crippen LogP contribution in [0.1, 0.15) is 41.1 Å². The number of likely N-dealkylation sites (tertiary alicyclic amines) is 1. The lowest BCUT2D eigenvalue weighted by Crippen LogP contribution is -2.44. The number of benzene rings is 3. The SMILES string of the molecule is O=C(NCc1cccc(C(F)(F)F)c1)[C@@H]1CC[C@H](c2ccccc2)N(Cc2ccc(F)cc2F)C1. The molecule has 1 saturated heterocycles. The maximum absolute atomic E-state index is 14.4. The molecule has 35 heavy (non-hydrogen) atoms. The molecule has 2 atom stereocenters. The van der Waals surface area contributed by atoms with Crippen LogP contribution in [0.5, 0.6) is 0 Å². The third-order valence-corrected chi connectivity index (χ3v) is 6.35. The molecule has 0 aliphatic carbocycles. The Kier molecular flexibility index (Phi) is 7.50. The van der Waals surface area contributed by atoms with Gasteiger partial charge in [-0.25, -0.2) is 8.78 Å². The number of halogens is 5. The number of nitrogens with one attached hydrogen (secondary N) is 1. The summed E-state index contributed by atoms with van der Waals surface area (Å²) in [5.74, 6) is -1.98. The summed E-state index contributed by atoms with van der Waals surface area (Å²) in [4.78, 5) is 14.9. The first-order chi connectivity index (χ1) is 16.7. The molecule has 0 spiro atoms. The molecule has 1 fully saturated rings. The molecule has 4 rings (SSSR count). The third kappa shape index (κ3) is 6.25. The van der Waals surface area contributed by atoms with Crippen LogP contribution in [-0.2, 0) is 24.1 Å². The second-order valence-electron chi connectivity index (χ2n) is 8.78. The van der Waals surface area contributed by atoms with E-state index >= 15 is 0 Å². The van der Waals surface area contributed by atoms with E-state index in [0.717, 1.165) is 23.8 Å². The summed E-state index contributed by atoms with van der Waals surface area (Å²) >= 11 is 0. The van der Waals surface area contributed by atoms with E-state index in [2.05, 4.69) is 5.32 Å². The molecule has 0 radical (unpaired) electrons. The molecule has 3 aromatic carbocycles. The van der Waals surface area contributed by atoms with Crippen LogP contribution in [0, 0.1) is 17.6 Å². The number of nitrogens with zero attached hydrogens (tertiary/aromatic N) is 1. The lowest BCUT2D eigenvalue weighted by atomic mass is 9.88. The Hall–Kier alpha value is -3.26. The lowest BCUT2D eigenvalue weighted by Gasteiger charge is -2.39. The van der Waals surface area contributed by atoms with Crippen molar-refractivity contribution in [3.63, 3.8) is 0 Å². The number of rotatable bonds is 6. The van der Waals surface area contributed by atoms with E-state index in [1.54, 1.807) is 0 Å². The van der Waals surface area contributed by atoms with Gasteiger partial charge >= 0.3 is 6.18 Å². The molecule has 1 heterocycles. The van der Waals surface area contributed by atoms with Crippen molar-refractivity contribution in [1.29, 1.82) is 0 Å². The number of carbonyl (C=O) groups is 1. The number of hydrogen-bond donors (Lipinski definition) is 1. The average molecular weight is 489 g/mol. The Morgan fingerprint density at radius 2 is 1.71 bits per heavy atom. The van der Waals surface area contributed by atoms with Crippen molar-refractivity contribution in [2.24, 2.45) is 5.92 Å². The van der Waals surface area contributed by atoms with Crippen molar-refractivity contribution < 1.29 is 26.7 Å². The minimum Gasteiger partial charge on any atom is -0.352 e. The second-order valence-corrected chi connectivity index (χ2v) is 8.78. The smallest absolute Gasteiger partial charge is 0.352 e. The van der Waals surface area contributed by atoms with Gasteiger partial charge in [0.15, 0.2) is 0 Å². The Morgan fingerprint density at radius 1 is 0.943 bits per heavy atom. The minimum absolute atomic E-state index is 0.0199. The Bertz CT molecular complexity index is 1170. The zero-order chi connectivity index (χ0) is 25.0. The van der Waals surface area contributed by atoms with Crippen molar-refractivity contribution in [3.05, 3.63) is 107 Å². The quantitative estimate of drug-likeness (QED) is 0.416. The molecular weight excluding hydrogens is 463 g/mol. The zero-order valence-electron chi connectivity index (χ0n) is 18.9. The molecule has 1 N–H and O–H groups in total. The predicted octanol–water partition coefficient (Wildman–Crippen LogP) is 6.25. The van der Waals surface area contributed by atoms with Crippen LogP contribution in [0.4, 0.5) is 22.0 Å². The largest absolute Gasteiger partial charge is 0.416 e. The van der Waals surface area contributed by atoms with Crippen LogP contribution in [0.15, 0.2) is 72.8 Å². The Morgan fingerprint density at radius 3 is 2.43 bits per heavy atom. The van der Waals surface area contributed by atoms with Crippen LogP contribution in [-0.4, -0.2) is 17.4 Å². The van der Waals surface area contributed by atoms with Crippen LogP contribution in [0.3, 0.4) is 0 Å². The Balaban J connectivity index is 1.47. The third-order valence-electron chi connectivity index (χ3n) is 6.35. The van der Waals surface area contributed by atoms with E-state index < -0.39 is 29.3 Å². The van der Waals surface area contributed by atoms with Crippen LogP contribution >= 0.6 is 0 Å². The summed E-state index contributed by atoms with van der Waals surface area (Å²) in [6.45, 7) is 0.516. The molecule has 184 valence electrons. The first kappa shape index (κ1) is 24.9. The molecule has 3 nitrogen and oxygen atoms in total. The van der Waals surface area contributed by atoms with Gasteiger partial charge in [-0.05, 0) is 42.2 Å². The molecule has 0 unspecified atom stereocenters. The number of alkyl halides is 3. The van der Waals surface area contributed by atoms with Crippen LogP contribution < -0.4 is 5.32 Å². The van der Waals surface area contributed by atoms with Gasteiger partial charge in [0.25, 0.3) is 0 Å². The highest BCUT2D eigenvalue weighted by molar-refractivity contribution is 5.79. The van der Waals surface area contributed by atoms with Gasteiger partial charge in [0.2, 0.25) is 5.91 Å². The number of piperidine rings is 1. The van der Waals surface area contributed by atoms with E-state index in [1.807, 2.05) is 35.2 Å². The molecule has 0 saturated carbocycles. The molecule has 1 aliphatic heterocycles. The molecule has 8 heteroatoms. The maximum Gasteiger partial charge on any atom is 0.416 e. The second kappa shape index (κ2) is 10.6. The van der Waals surface area contributed by atoms with Crippen molar-refractivity contribution in [1.82, 2.24) is 10.2 Å². The summed E-state index contributed by atoms with van der Waals surface area (Å²) < 4.78 is 66.7. The molecule has 0 bridgehead atoms. The van der Waals surface area contributed by atoms with Gasteiger partial charge in [-0.3, -0.25) is 9.69 Å². The summed E-state index contributed by atoms with van der Waals surface area (Å²) in [7, 11) is 0. The van der Waals surface area contributed by atoms with Gasteiger partial charge in [-0.2, -0.15) is 13.2 Å². The monoisotopic (exact) mass is 488 g/mol. The highest BCUT2D eigenvalue weighted by Crippen LogP contribution is 2.35. The predicted molar refractivity (Wildman–Crippen MR) is 122 cm³/mol. The summed E-state index contributed by atoms with van der Waals surface area (Å²) in [5.41, 5.74) is 0.965. The van der Waals surface area contributed by atoms with E-state index in [4.69, 9.17) is 0 Å². The molecule has 0 aromatic heterocycles. The lowest BCUT2D eigenvalue weighted by molar-refractivity contribution is -0.137. The summed E-state index contributed by atoms with van der Waals surface area (Å²) in [5, 5.41) is 2.75. The fourth-order valence-corrected chi connectivity index (χ4v) is 4.54.